The first-order chi connectivity index (χ1) is 8.48. The summed E-state index contributed by atoms with van der Waals surface area (Å²) in [4.78, 5) is 2.20. The zero-order chi connectivity index (χ0) is 13.2. The van der Waals surface area contributed by atoms with E-state index in [-0.39, 0.29) is 5.60 Å². The van der Waals surface area contributed by atoms with Gasteiger partial charge in [0.2, 0.25) is 0 Å². The molecule has 0 fully saturated rings. The summed E-state index contributed by atoms with van der Waals surface area (Å²) in [5.74, 6) is 1.02. The van der Waals surface area contributed by atoms with E-state index >= 15 is 0 Å². The third-order valence-electron chi connectivity index (χ3n) is 3.33. The molecule has 0 saturated carbocycles. The van der Waals surface area contributed by atoms with Crippen LogP contribution in [0.2, 0.25) is 0 Å². The van der Waals surface area contributed by atoms with Gasteiger partial charge in [0.05, 0.1) is 0 Å². The van der Waals surface area contributed by atoms with Crippen LogP contribution in [-0.4, -0.2) is 37.7 Å². The Hall–Kier alpha value is -1.06. The number of benzene rings is 1. The molecule has 3 heteroatoms. The smallest absolute Gasteiger partial charge is 0.124 e. The zero-order valence-electron chi connectivity index (χ0n) is 11.9. The van der Waals surface area contributed by atoms with E-state index in [2.05, 4.69) is 56.4 Å². The van der Waals surface area contributed by atoms with Gasteiger partial charge in [-0.25, -0.2) is 0 Å². The maximum Gasteiger partial charge on any atom is 0.124 e. The van der Waals surface area contributed by atoms with Gasteiger partial charge in [0.25, 0.3) is 0 Å². The van der Waals surface area contributed by atoms with Crippen LogP contribution in [-0.2, 0) is 0 Å². The van der Waals surface area contributed by atoms with Crippen molar-refractivity contribution in [3.63, 3.8) is 0 Å². The van der Waals surface area contributed by atoms with Crippen molar-refractivity contribution >= 4 is 0 Å². The third-order valence-corrected chi connectivity index (χ3v) is 3.33. The monoisotopic (exact) mass is 248 g/mol. The van der Waals surface area contributed by atoms with Gasteiger partial charge in [-0.2, -0.15) is 0 Å². The predicted molar refractivity (Wildman–Crippen MR) is 75.1 cm³/mol. The molecule has 0 aliphatic carbocycles. The number of para-hydroxylation sites is 1. The van der Waals surface area contributed by atoms with Crippen molar-refractivity contribution in [1.29, 1.82) is 0 Å². The van der Waals surface area contributed by atoms with Gasteiger partial charge in [-0.05, 0) is 34.0 Å². The Morgan fingerprint density at radius 3 is 2.78 bits per heavy atom. The molecule has 0 bridgehead atoms. The van der Waals surface area contributed by atoms with Gasteiger partial charge >= 0.3 is 0 Å². The Labute approximate surface area is 110 Å². The van der Waals surface area contributed by atoms with Gasteiger partial charge in [-0.3, -0.25) is 0 Å². The standard InChI is InChI=1S/C15H24N2O/c1-15(2)11-13(16-9-10-17(3)4)12-7-5-6-8-14(12)18-15/h5-8,13,16H,9-11H2,1-4H3. The van der Waals surface area contributed by atoms with Crippen molar-refractivity contribution in [2.75, 3.05) is 27.2 Å². The average Bonchev–Trinajstić information content (AvgIpc) is 2.27. The lowest BCUT2D eigenvalue weighted by atomic mass is 9.90. The topological polar surface area (TPSA) is 24.5 Å². The first-order valence-electron chi connectivity index (χ1n) is 6.64. The van der Waals surface area contributed by atoms with Crippen LogP contribution < -0.4 is 10.1 Å². The minimum atomic E-state index is -0.0931. The van der Waals surface area contributed by atoms with Crippen molar-refractivity contribution < 1.29 is 4.74 Å². The molecule has 18 heavy (non-hydrogen) atoms. The predicted octanol–water partition coefficient (Wildman–Crippen LogP) is 2.44. The van der Waals surface area contributed by atoms with E-state index in [0.29, 0.717) is 6.04 Å². The SMILES string of the molecule is CN(C)CCNC1CC(C)(C)Oc2ccccc21. The molecular formula is C15H24N2O. The minimum Gasteiger partial charge on any atom is -0.487 e. The molecule has 0 amide bonds. The Balaban J connectivity index is 2.09. The van der Waals surface area contributed by atoms with Crippen LogP contribution in [0.25, 0.3) is 0 Å². The molecule has 1 aromatic carbocycles. The van der Waals surface area contributed by atoms with E-state index in [4.69, 9.17) is 4.74 Å². The van der Waals surface area contributed by atoms with Gasteiger partial charge < -0.3 is 15.0 Å². The molecule has 1 aromatic rings. The Bertz CT molecular complexity index is 401. The largest absolute Gasteiger partial charge is 0.487 e. The van der Waals surface area contributed by atoms with Crippen molar-refractivity contribution in [2.45, 2.75) is 31.9 Å². The van der Waals surface area contributed by atoms with Crippen molar-refractivity contribution in [1.82, 2.24) is 10.2 Å². The molecule has 1 N–H and O–H groups in total. The lowest BCUT2D eigenvalue weighted by Gasteiger charge is -2.38. The Kier molecular flexibility index (Phi) is 3.93. The molecule has 1 aliphatic heterocycles. The molecule has 1 aliphatic rings. The van der Waals surface area contributed by atoms with Crippen LogP contribution in [0.5, 0.6) is 5.75 Å². The molecule has 3 nitrogen and oxygen atoms in total. The second-order valence-electron chi connectivity index (χ2n) is 5.91. The Morgan fingerprint density at radius 1 is 1.33 bits per heavy atom. The first kappa shape index (κ1) is 13.4. The molecule has 0 spiro atoms. The molecule has 0 aromatic heterocycles. The van der Waals surface area contributed by atoms with E-state index in [9.17, 15) is 0 Å². The summed E-state index contributed by atoms with van der Waals surface area (Å²) in [5.41, 5.74) is 1.19. The fourth-order valence-corrected chi connectivity index (χ4v) is 2.45. The van der Waals surface area contributed by atoms with Crippen LogP contribution in [0.4, 0.5) is 0 Å². The van der Waals surface area contributed by atoms with E-state index < -0.39 is 0 Å². The normalized spacial score (nSPS) is 21.5. The highest BCUT2D eigenvalue weighted by Gasteiger charge is 2.32. The van der Waals surface area contributed by atoms with Crippen LogP contribution >= 0.6 is 0 Å². The van der Waals surface area contributed by atoms with Crippen LogP contribution in [0.3, 0.4) is 0 Å². The van der Waals surface area contributed by atoms with Crippen molar-refractivity contribution in [2.24, 2.45) is 0 Å². The third kappa shape index (κ3) is 3.24. The highest BCUT2D eigenvalue weighted by molar-refractivity contribution is 5.38. The summed E-state index contributed by atoms with van der Waals surface area (Å²) in [6.07, 6.45) is 1.01. The van der Waals surface area contributed by atoms with Crippen LogP contribution in [0.1, 0.15) is 31.9 Å². The molecular weight excluding hydrogens is 224 g/mol. The fraction of sp³-hybridized carbons (Fsp3) is 0.600. The van der Waals surface area contributed by atoms with Gasteiger partial charge in [0.15, 0.2) is 0 Å². The summed E-state index contributed by atoms with van der Waals surface area (Å²) < 4.78 is 6.03. The maximum absolute atomic E-state index is 6.03. The quantitative estimate of drug-likeness (QED) is 0.885. The lowest BCUT2D eigenvalue weighted by molar-refractivity contribution is 0.0658. The Morgan fingerprint density at radius 2 is 2.06 bits per heavy atom. The summed E-state index contributed by atoms with van der Waals surface area (Å²) in [6, 6.07) is 8.75. The highest BCUT2D eigenvalue weighted by atomic mass is 16.5. The summed E-state index contributed by atoms with van der Waals surface area (Å²) in [6.45, 7) is 6.37. The molecule has 100 valence electrons. The number of ether oxygens (including phenoxy) is 1. The van der Waals surface area contributed by atoms with Crippen molar-refractivity contribution in [3.05, 3.63) is 29.8 Å². The number of hydrogen-bond donors (Lipinski definition) is 1. The number of rotatable bonds is 4. The highest BCUT2D eigenvalue weighted by Crippen LogP contribution is 2.38. The van der Waals surface area contributed by atoms with E-state index in [1.165, 1.54) is 5.56 Å². The second kappa shape index (κ2) is 5.29. The van der Waals surface area contributed by atoms with Crippen LogP contribution in [0.15, 0.2) is 24.3 Å². The summed E-state index contributed by atoms with van der Waals surface area (Å²) in [5, 5.41) is 3.64. The molecule has 1 unspecified atom stereocenters. The van der Waals surface area contributed by atoms with E-state index in [0.717, 1.165) is 25.3 Å². The molecule has 2 rings (SSSR count). The van der Waals surface area contributed by atoms with E-state index in [1.807, 2.05) is 6.07 Å². The number of nitrogens with one attached hydrogen (secondary N) is 1. The fourth-order valence-electron chi connectivity index (χ4n) is 2.45. The summed E-state index contributed by atoms with van der Waals surface area (Å²) >= 11 is 0. The van der Waals surface area contributed by atoms with Gasteiger partial charge in [-0.1, -0.05) is 18.2 Å². The average molecular weight is 248 g/mol. The number of fused-ring (bicyclic) bond motifs is 1. The second-order valence-corrected chi connectivity index (χ2v) is 5.91. The molecule has 0 radical (unpaired) electrons. The lowest BCUT2D eigenvalue weighted by Crippen LogP contribution is -2.40. The molecule has 1 heterocycles. The summed E-state index contributed by atoms with van der Waals surface area (Å²) in [7, 11) is 4.20. The molecule has 0 saturated heterocycles. The number of hydrogen-bond acceptors (Lipinski definition) is 3. The number of nitrogens with zero attached hydrogens (tertiary/aromatic N) is 1. The van der Waals surface area contributed by atoms with Gasteiger partial charge in [-0.15, -0.1) is 0 Å². The van der Waals surface area contributed by atoms with Gasteiger partial charge in [0, 0.05) is 31.1 Å². The van der Waals surface area contributed by atoms with E-state index in [1.54, 1.807) is 0 Å². The maximum atomic E-state index is 6.03. The first-order valence-corrected chi connectivity index (χ1v) is 6.64. The van der Waals surface area contributed by atoms with Gasteiger partial charge in [0.1, 0.15) is 11.4 Å². The van der Waals surface area contributed by atoms with Crippen molar-refractivity contribution in [3.8, 4) is 5.75 Å². The zero-order valence-corrected chi connectivity index (χ0v) is 11.9. The number of likely N-dealkylation sites (N-methyl/N-ethyl adjacent to an activating group) is 1. The molecule has 1 atom stereocenters. The van der Waals surface area contributed by atoms with Crippen LogP contribution in [0, 0.1) is 0 Å². The minimum absolute atomic E-state index is 0.0931.